The number of rotatable bonds is 4. The molecule has 0 bridgehead atoms. The average Bonchev–Trinajstić information content (AvgIpc) is 2.61. The van der Waals surface area contributed by atoms with Gasteiger partial charge in [-0.1, -0.05) is 11.6 Å². The maximum absolute atomic E-state index is 11.1. The van der Waals surface area contributed by atoms with Crippen molar-refractivity contribution in [3.05, 3.63) is 40.2 Å². The van der Waals surface area contributed by atoms with Crippen molar-refractivity contribution in [2.24, 2.45) is 7.05 Å². The molecule has 0 unspecified atom stereocenters. The van der Waals surface area contributed by atoms with Gasteiger partial charge in [0, 0.05) is 24.4 Å². The zero-order chi connectivity index (χ0) is 14.9. The number of halogens is 1. The molecule has 0 atom stereocenters. The number of nitrogen functional groups attached to an aromatic ring is 1. The molecule has 0 aliphatic heterocycles. The predicted molar refractivity (Wildman–Crippen MR) is 75.1 cm³/mol. The van der Waals surface area contributed by atoms with Gasteiger partial charge in [-0.3, -0.25) is 4.68 Å². The Morgan fingerprint density at radius 1 is 1.55 bits per heavy atom. The monoisotopic (exact) mass is 295 g/mol. The second-order valence-electron chi connectivity index (χ2n) is 4.33. The number of carbonyl (C=O) groups is 1. The van der Waals surface area contributed by atoms with E-state index in [-0.39, 0.29) is 17.9 Å². The van der Waals surface area contributed by atoms with Crippen molar-refractivity contribution >= 4 is 23.3 Å². The van der Waals surface area contributed by atoms with Crippen LogP contribution in [0.5, 0.6) is 5.75 Å². The van der Waals surface area contributed by atoms with E-state index in [1.165, 1.54) is 22.9 Å². The van der Waals surface area contributed by atoms with Crippen LogP contribution in [0.1, 0.15) is 21.6 Å². The number of nitrogens with zero attached hydrogens (tertiary/aromatic N) is 2. The van der Waals surface area contributed by atoms with Crippen molar-refractivity contribution in [3.8, 4) is 5.75 Å². The van der Waals surface area contributed by atoms with Gasteiger partial charge in [0.25, 0.3) is 0 Å². The fraction of sp³-hybridized carbons (Fsp3) is 0.231. The summed E-state index contributed by atoms with van der Waals surface area (Å²) >= 11 is 6.09. The van der Waals surface area contributed by atoms with Gasteiger partial charge >= 0.3 is 5.97 Å². The second-order valence-corrected chi connectivity index (χ2v) is 4.69. The van der Waals surface area contributed by atoms with Crippen LogP contribution in [0, 0.1) is 6.92 Å². The molecule has 0 aliphatic rings. The quantitative estimate of drug-likeness (QED) is 0.844. The highest BCUT2D eigenvalue weighted by atomic mass is 35.5. The minimum Gasteiger partial charge on any atom is -0.488 e. The molecule has 1 aromatic heterocycles. The van der Waals surface area contributed by atoms with E-state index in [0.717, 1.165) is 5.69 Å². The Bertz CT molecular complexity index is 667. The van der Waals surface area contributed by atoms with Crippen molar-refractivity contribution in [1.82, 2.24) is 9.78 Å². The third kappa shape index (κ3) is 2.70. The normalized spacial score (nSPS) is 10.6. The Hall–Kier alpha value is -2.21. The van der Waals surface area contributed by atoms with Gasteiger partial charge in [-0.15, -0.1) is 0 Å². The Balaban J connectivity index is 2.27. The number of carboxylic acid groups (broad SMARTS) is 1. The van der Waals surface area contributed by atoms with Gasteiger partial charge in [0.1, 0.15) is 23.1 Å². The molecule has 20 heavy (non-hydrogen) atoms. The van der Waals surface area contributed by atoms with Crippen LogP contribution in [0.25, 0.3) is 0 Å². The number of aromatic nitrogens is 2. The lowest BCUT2D eigenvalue weighted by Gasteiger charge is -2.10. The van der Waals surface area contributed by atoms with Gasteiger partial charge in [0.05, 0.1) is 5.69 Å². The molecule has 0 aliphatic carbocycles. The van der Waals surface area contributed by atoms with E-state index in [1.807, 2.05) is 6.92 Å². The number of anilines is 1. The number of hydrogen-bond acceptors (Lipinski definition) is 4. The van der Waals surface area contributed by atoms with E-state index in [2.05, 4.69) is 5.10 Å². The molecule has 3 N–H and O–H groups in total. The number of hydrogen-bond donors (Lipinski definition) is 2. The summed E-state index contributed by atoms with van der Waals surface area (Å²) in [7, 11) is 1.72. The van der Waals surface area contributed by atoms with Gasteiger partial charge in [0.2, 0.25) is 0 Å². The van der Waals surface area contributed by atoms with Crippen LogP contribution in [0.4, 0.5) is 5.69 Å². The van der Waals surface area contributed by atoms with E-state index in [4.69, 9.17) is 27.2 Å². The average molecular weight is 296 g/mol. The lowest BCUT2D eigenvalue weighted by atomic mass is 10.2. The van der Waals surface area contributed by atoms with Crippen LogP contribution in [-0.2, 0) is 13.7 Å². The minimum absolute atomic E-state index is 0.0527. The fourth-order valence-electron chi connectivity index (χ4n) is 1.82. The Morgan fingerprint density at radius 3 is 2.80 bits per heavy atom. The molecule has 0 saturated carbocycles. The van der Waals surface area contributed by atoms with Crippen LogP contribution >= 0.6 is 11.6 Å². The van der Waals surface area contributed by atoms with Crippen molar-refractivity contribution < 1.29 is 14.6 Å². The molecule has 0 fully saturated rings. The maximum Gasteiger partial charge on any atom is 0.339 e. The van der Waals surface area contributed by atoms with Gasteiger partial charge in [0.15, 0.2) is 0 Å². The smallest absolute Gasteiger partial charge is 0.339 e. The Morgan fingerprint density at radius 2 is 2.25 bits per heavy atom. The molecule has 106 valence electrons. The van der Waals surface area contributed by atoms with Gasteiger partial charge < -0.3 is 15.6 Å². The number of nitrogens with two attached hydrogens (primary N) is 1. The summed E-state index contributed by atoms with van der Waals surface area (Å²) in [5.74, 6) is -0.870. The number of ether oxygens (including phenoxy) is 1. The van der Waals surface area contributed by atoms with Crippen LogP contribution in [0.2, 0.25) is 5.15 Å². The van der Waals surface area contributed by atoms with Crippen LogP contribution in [-0.4, -0.2) is 20.9 Å². The lowest BCUT2D eigenvalue weighted by molar-refractivity contribution is 0.0692. The molecule has 2 aromatic rings. The van der Waals surface area contributed by atoms with E-state index in [9.17, 15) is 4.79 Å². The van der Waals surface area contributed by atoms with Crippen LogP contribution < -0.4 is 10.5 Å². The Labute approximate surface area is 120 Å². The zero-order valence-corrected chi connectivity index (χ0v) is 11.8. The molecule has 2 rings (SSSR count). The van der Waals surface area contributed by atoms with E-state index in [1.54, 1.807) is 7.05 Å². The highest BCUT2D eigenvalue weighted by Gasteiger charge is 2.15. The summed E-state index contributed by atoms with van der Waals surface area (Å²) in [5.41, 5.74) is 7.58. The first-order chi connectivity index (χ1) is 9.40. The summed E-state index contributed by atoms with van der Waals surface area (Å²) in [6, 6.07) is 4.40. The van der Waals surface area contributed by atoms with E-state index >= 15 is 0 Å². The topological polar surface area (TPSA) is 90.4 Å². The summed E-state index contributed by atoms with van der Waals surface area (Å²) < 4.78 is 7.08. The second kappa shape index (κ2) is 5.42. The summed E-state index contributed by atoms with van der Waals surface area (Å²) in [4.78, 5) is 11.1. The highest BCUT2D eigenvalue weighted by Crippen LogP contribution is 2.25. The van der Waals surface area contributed by atoms with Crippen LogP contribution in [0.15, 0.2) is 18.2 Å². The maximum atomic E-state index is 11.1. The summed E-state index contributed by atoms with van der Waals surface area (Å²) in [6.07, 6.45) is 0. The molecule has 1 heterocycles. The highest BCUT2D eigenvalue weighted by molar-refractivity contribution is 6.30. The largest absolute Gasteiger partial charge is 0.488 e. The lowest BCUT2D eigenvalue weighted by Crippen LogP contribution is -2.05. The molecular weight excluding hydrogens is 282 g/mol. The minimum atomic E-state index is -1.07. The van der Waals surface area contributed by atoms with E-state index in [0.29, 0.717) is 16.4 Å². The first kappa shape index (κ1) is 14.2. The van der Waals surface area contributed by atoms with Crippen molar-refractivity contribution in [3.63, 3.8) is 0 Å². The first-order valence-corrected chi connectivity index (χ1v) is 6.21. The first-order valence-electron chi connectivity index (χ1n) is 5.83. The van der Waals surface area contributed by atoms with Crippen molar-refractivity contribution in [2.75, 3.05) is 5.73 Å². The number of benzene rings is 1. The molecule has 1 aromatic carbocycles. The molecule has 0 saturated heterocycles. The number of aromatic carboxylic acids is 1. The fourth-order valence-corrected chi connectivity index (χ4v) is 2.05. The molecule has 0 amide bonds. The molecule has 6 nitrogen and oxygen atoms in total. The molecular formula is C13H14ClN3O3. The van der Waals surface area contributed by atoms with Gasteiger partial charge in [-0.25, -0.2) is 4.79 Å². The summed E-state index contributed by atoms with van der Waals surface area (Å²) in [6.45, 7) is 1.93. The van der Waals surface area contributed by atoms with Crippen molar-refractivity contribution in [1.29, 1.82) is 0 Å². The standard InChI is InChI=1S/C13H14ClN3O3/c1-7-10(12(14)17(2)16-7)6-20-11-5-8(15)3-4-9(11)13(18)19/h3-5H,6,15H2,1-2H3,(H,18,19). The molecule has 0 spiro atoms. The van der Waals surface area contributed by atoms with Gasteiger partial charge in [-0.2, -0.15) is 5.10 Å². The van der Waals surface area contributed by atoms with Crippen molar-refractivity contribution in [2.45, 2.75) is 13.5 Å². The summed E-state index contributed by atoms with van der Waals surface area (Å²) in [5, 5.41) is 13.7. The SMILES string of the molecule is Cc1nn(C)c(Cl)c1COc1cc(N)ccc1C(=O)O. The third-order valence-corrected chi connectivity index (χ3v) is 3.35. The molecule has 7 heteroatoms. The third-order valence-electron chi connectivity index (χ3n) is 2.88. The number of aryl methyl sites for hydroxylation is 2. The van der Waals surface area contributed by atoms with Gasteiger partial charge in [-0.05, 0) is 19.1 Å². The zero-order valence-electron chi connectivity index (χ0n) is 11.1. The van der Waals surface area contributed by atoms with E-state index < -0.39 is 5.97 Å². The Kier molecular flexibility index (Phi) is 3.85. The van der Waals surface area contributed by atoms with Crippen LogP contribution in [0.3, 0.4) is 0 Å². The predicted octanol–water partition coefficient (Wildman–Crippen LogP) is 2.24. The molecule has 0 radical (unpaired) electrons. The number of carboxylic acids is 1.